The van der Waals surface area contributed by atoms with Gasteiger partial charge in [0.05, 0.1) is 12.5 Å². The molecule has 1 heterocycles. The normalized spacial score (nSPS) is 16.7. The Morgan fingerprint density at radius 2 is 1.93 bits per heavy atom. The quantitative estimate of drug-likeness (QED) is 0.798. The molecule has 0 aromatic heterocycles. The summed E-state index contributed by atoms with van der Waals surface area (Å²) in [6.45, 7) is -1.15. The molecule has 0 bridgehead atoms. The van der Waals surface area contributed by atoms with E-state index in [4.69, 9.17) is 11.6 Å². The van der Waals surface area contributed by atoms with Gasteiger partial charge in [0.25, 0.3) is 0 Å². The van der Waals surface area contributed by atoms with E-state index in [2.05, 4.69) is 10.1 Å². The summed E-state index contributed by atoms with van der Waals surface area (Å²) in [6, 6.07) is 13.6. The molecule has 8 heteroatoms. The van der Waals surface area contributed by atoms with Crippen LogP contribution in [0.1, 0.15) is 17.2 Å². The second-order valence-electron chi connectivity index (χ2n) is 5.99. The van der Waals surface area contributed by atoms with Crippen LogP contribution in [-0.2, 0) is 11.2 Å². The molecule has 1 unspecified atom stereocenters. The van der Waals surface area contributed by atoms with Crippen molar-refractivity contribution >= 4 is 29.9 Å². The van der Waals surface area contributed by atoms with E-state index in [0.29, 0.717) is 30.2 Å². The first kappa shape index (κ1) is 21.4. The Morgan fingerprint density at radius 1 is 1.22 bits per heavy atom. The highest BCUT2D eigenvalue weighted by molar-refractivity contribution is 6.31. The average Bonchev–Trinajstić information content (AvgIpc) is 2.63. The number of nitrogens with zero attached hydrogens (tertiary/aromatic N) is 1. The van der Waals surface area contributed by atoms with Gasteiger partial charge in [-0.1, -0.05) is 48.0 Å². The number of nitrogens with one attached hydrogen (secondary N) is 1. The van der Waals surface area contributed by atoms with E-state index in [1.807, 2.05) is 18.2 Å². The van der Waals surface area contributed by atoms with E-state index in [1.165, 1.54) is 6.07 Å². The lowest BCUT2D eigenvalue weighted by atomic mass is 10.0. The minimum absolute atomic E-state index is 0. The van der Waals surface area contributed by atoms with Gasteiger partial charge in [-0.15, -0.1) is 12.4 Å². The molecule has 4 nitrogen and oxygen atoms in total. The van der Waals surface area contributed by atoms with Crippen LogP contribution in [0.4, 0.5) is 8.78 Å². The van der Waals surface area contributed by atoms with Crippen LogP contribution in [0, 0.1) is 0 Å². The molecular weight excluding hydrogens is 397 g/mol. The zero-order chi connectivity index (χ0) is 18.5. The maximum Gasteiger partial charge on any atom is 0.387 e. The predicted molar refractivity (Wildman–Crippen MR) is 103 cm³/mol. The average molecular weight is 417 g/mol. The molecule has 0 spiro atoms. The Bertz CT molecular complexity index is 777. The third-order valence-electron chi connectivity index (χ3n) is 4.36. The zero-order valence-electron chi connectivity index (χ0n) is 14.4. The number of hydrogen-bond acceptors (Lipinski definition) is 3. The predicted octanol–water partition coefficient (Wildman–Crippen LogP) is 4.08. The summed E-state index contributed by atoms with van der Waals surface area (Å²) in [5, 5.41) is 3.87. The Hall–Kier alpha value is -1.89. The number of ether oxygens (including phenoxy) is 1. The molecule has 0 aliphatic carbocycles. The Balaban J connectivity index is 0.00000261. The second kappa shape index (κ2) is 9.88. The Kier molecular flexibility index (Phi) is 7.83. The van der Waals surface area contributed by atoms with E-state index in [1.54, 1.807) is 29.2 Å². The summed E-state index contributed by atoms with van der Waals surface area (Å²) < 4.78 is 29.7. The van der Waals surface area contributed by atoms with Crippen LogP contribution in [0.3, 0.4) is 0 Å². The number of halogens is 4. The molecule has 1 N–H and O–H groups in total. The molecule has 2 aromatic rings. The number of alkyl halides is 2. The van der Waals surface area contributed by atoms with E-state index in [0.717, 1.165) is 5.56 Å². The van der Waals surface area contributed by atoms with Crippen LogP contribution in [-0.4, -0.2) is 37.1 Å². The van der Waals surface area contributed by atoms with Gasteiger partial charge in [-0.2, -0.15) is 8.78 Å². The number of benzene rings is 2. The SMILES string of the molecule is Cl.O=C(Cc1ccccc1OC(F)F)N1CCNCC1c1ccccc1Cl. The number of rotatable bonds is 5. The van der Waals surface area contributed by atoms with Gasteiger partial charge in [0, 0.05) is 30.2 Å². The zero-order valence-corrected chi connectivity index (χ0v) is 16.0. The fourth-order valence-electron chi connectivity index (χ4n) is 3.15. The third-order valence-corrected chi connectivity index (χ3v) is 4.70. The Labute approximate surface area is 167 Å². The standard InChI is InChI=1S/C19H19ClF2N2O2.ClH/c20-15-7-3-2-6-14(15)16-12-23-9-10-24(16)18(25)11-13-5-1-4-8-17(13)26-19(21)22;/h1-8,16,19,23H,9-12H2;1H. The summed E-state index contributed by atoms with van der Waals surface area (Å²) in [5.41, 5.74) is 1.31. The molecule has 146 valence electrons. The smallest absolute Gasteiger partial charge is 0.387 e. The monoisotopic (exact) mass is 416 g/mol. The number of hydrogen-bond donors (Lipinski definition) is 1. The molecule has 1 amide bonds. The van der Waals surface area contributed by atoms with Crippen molar-refractivity contribution in [3.05, 3.63) is 64.7 Å². The topological polar surface area (TPSA) is 41.6 Å². The summed E-state index contributed by atoms with van der Waals surface area (Å²) in [4.78, 5) is 14.7. The van der Waals surface area contributed by atoms with Crippen molar-refractivity contribution in [2.75, 3.05) is 19.6 Å². The highest BCUT2D eigenvalue weighted by atomic mass is 35.5. The van der Waals surface area contributed by atoms with Crippen molar-refractivity contribution in [1.29, 1.82) is 0 Å². The van der Waals surface area contributed by atoms with E-state index < -0.39 is 6.61 Å². The minimum atomic E-state index is -2.93. The van der Waals surface area contributed by atoms with Crippen molar-refractivity contribution in [1.82, 2.24) is 10.2 Å². The van der Waals surface area contributed by atoms with Gasteiger partial charge in [-0.25, -0.2) is 0 Å². The molecule has 1 saturated heterocycles. The number of carbonyl (C=O) groups excluding carboxylic acids is 1. The maximum atomic E-state index is 12.9. The van der Waals surface area contributed by atoms with Crippen molar-refractivity contribution in [3.63, 3.8) is 0 Å². The summed E-state index contributed by atoms with van der Waals surface area (Å²) >= 11 is 6.30. The van der Waals surface area contributed by atoms with Gasteiger partial charge in [0.15, 0.2) is 0 Å². The van der Waals surface area contributed by atoms with Crippen molar-refractivity contribution < 1.29 is 18.3 Å². The first-order valence-corrected chi connectivity index (χ1v) is 8.71. The van der Waals surface area contributed by atoms with Gasteiger partial charge in [-0.3, -0.25) is 4.79 Å². The van der Waals surface area contributed by atoms with E-state index in [-0.39, 0.29) is 36.5 Å². The molecule has 2 aromatic carbocycles. The van der Waals surface area contributed by atoms with Gasteiger partial charge < -0.3 is 15.0 Å². The number of para-hydroxylation sites is 1. The number of carbonyl (C=O) groups is 1. The van der Waals surface area contributed by atoms with Crippen molar-refractivity contribution in [2.45, 2.75) is 19.1 Å². The van der Waals surface area contributed by atoms with Crippen LogP contribution in [0.15, 0.2) is 48.5 Å². The first-order valence-electron chi connectivity index (χ1n) is 8.33. The van der Waals surface area contributed by atoms with Gasteiger partial charge in [-0.05, 0) is 17.7 Å². The van der Waals surface area contributed by atoms with Crippen molar-refractivity contribution in [2.24, 2.45) is 0 Å². The first-order chi connectivity index (χ1) is 12.6. The maximum absolute atomic E-state index is 12.9. The number of piperazine rings is 1. The van der Waals surface area contributed by atoms with Gasteiger partial charge in [0.1, 0.15) is 5.75 Å². The largest absolute Gasteiger partial charge is 0.435 e. The lowest BCUT2D eigenvalue weighted by Crippen LogP contribution is -2.49. The van der Waals surface area contributed by atoms with Gasteiger partial charge >= 0.3 is 6.61 Å². The Morgan fingerprint density at radius 3 is 2.67 bits per heavy atom. The van der Waals surface area contributed by atoms with Crippen LogP contribution in [0.25, 0.3) is 0 Å². The molecule has 0 radical (unpaired) electrons. The van der Waals surface area contributed by atoms with Crippen molar-refractivity contribution in [3.8, 4) is 5.75 Å². The molecule has 1 aliphatic heterocycles. The molecule has 1 atom stereocenters. The molecule has 3 rings (SSSR count). The highest BCUT2D eigenvalue weighted by Gasteiger charge is 2.29. The van der Waals surface area contributed by atoms with E-state index >= 15 is 0 Å². The van der Waals surface area contributed by atoms with Crippen LogP contribution < -0.4 is 10.1 Å². The van der Waals surface area contributed by atoms with Gasteiger partial charge in [0.2, 0.25) is 5.91 Å². The van der Waals surface area contributed by atoms with Crippen LogP contribution in [0.2, 0.25) is 5.02 Å². The molecule has 1 fully saturated rings. The fourth-order valence-corrected chi connectivity index (χ4v) is 3.41. The fraction of sp³-hybridized carbons (Fsp3) is 0.316. The third kappa shape index (κ3) is 5.31. The summed E-state index contributed by atoms with van der Waals surface area (Å²) in [7, 11) is 0. The molecular formula is C19H20Cl2F2N2O2. The summed E-state index contributed by atoms with van der Waals surface area (Å²) in [6.07, 6.45) is -0.0101. The number of amides is 1. The minimum Gasteiger partial charge on any atom is -0.435 e. The lowest BCUT2D eigenvalue weighted by molar-refractivity contribution is -0.134. The molecule has 27 heavy (non-hydrogen) atoms. The molecule has 1 aliphatic rings. The van der Waals surface area contributed by atoms with Crippen LogP contribution >= 0.6 is 24.0 Å². The van der Waals surface area contributed by atoms with Crippen LogP contribution in [0.5, 0.6) is 5.75 Å². The highest BCUT2D eigenvalue weighted by Crippen LogP contribution is 2.30. The van der Waals surface area contributed by atoms with E-state index in [9.17, 15) is 13.6 Å². The second-order valence-corrected chi connectivity index (χ2v) is 6.40. The summed E-state index contributed by atoms with van der Waals surface area (Å²) in [5.74, 6) is -0.123. The molecule has 0 saturated carbocycles. The lowest BCUT2D eigenvalue weighted by Gasteiger charge is -2.37.